The summed E-state index contributed by atoms with van der Waals surface area (Å²) in [4.78, 5) is 0. The molecule has 0 aromatic heterocycles. The van der Waals surface area contributed by atoms with E-state index in [9.17, 15) is 5.11 Å². The molecule has 0 saturated carbocycles. The van der Waals surface area contributed by atoms with E-state index in [-0.39, 0.29) is 0 Å². The maximum atomic E-state index is 11.4. The Morgan fingerprint density at radius 3 is 1.39 bits per heavy atom. The van der Waals surface area contributed by atoms with Gasteiger partial charge in [-0.05, 0) is 27.2 Å². The number of aliphatic hydroxyl groups is 1. The Hall–Kier alpha value is -2.42. The first-order valence-electron chi connectivity index (χ1n) is 12.7. The SMILES string of the molecule is C=C(C(O)CCCCCCCCCC)[Si](c1ccccc1)(c1ccccc1)c1ccccc1. The van der Waals surface area contributed by atoms with Crippen molar-refractivity contribution in [1.82, 2.24) is 0 Å². The van der Waals surface area contributed by atoms with Gasteiger partial charge in [-0.2, -0.15) is 0 Å². The fourth-order valence-corrected chi connectivity index (χ4v) is 9.85. The molecule has 0 aliphatic heterocycles. The summed E-state index contributed by atoms with van der Waals surface area (Å²) in [5.41, 5.74) is 0. The number of aliphatic hydroxyl groups excluding tert-OH is 1. The first-order chi connectivity index (χ1) is 16.2. The lowest BCUT2D eigenvalue weighted by Gasteiger charge is -2.37. The molecule has 1 atom stereocenters. The Morgan fingerprint density at radius 1 is 0.636 bits per heavy atom. The first kappa shape index (κ1) is 25.2. The van der Waals surface area contributed by atoms with Crippen molar-refractivity contribution in [2.45, 2.75) is 70.8 Å². The van der Waals surface area contributed by atoms with Crippen LogP contribution in [0.15, 0.2) is 103 Å². The molecule has 0 saturated heterocycles. The van der Waals surface area contributed by atoms with Crippen LogP contribution in [-0.2, 0) is 0 Å². The van der Waals surface area contributed by atoms with E-state index >= 15 is 0 Å². The summed E-state index contributed by atoms with van der Waals surface area (Å²) in [6.45, 7) is 6.88. The molecule has 1 N–H and O–H groups in total. The first-order valence-corrected chi connectivity index (χ1v) is 14.7. The maximum Gasteiger partial charge on any atom is 0.177 e. The monoisotopic (exact) mass is 456 g/mol. The molecule has 1 nitrogen and oxygen atoms in total. The predicted molar refractivity (Wildman–Crippen MR) is 146 cm³/mol. The fraction of sp³-hybridized carbons (Fsp3) is 0.355. The minimum absolute atomic E-state index is 0.502. The normalized spacial score (nSPS) is 12.4. The van der Waals surface area contributed by atoms with Gasteiger partial charge in [0.05, 0.1) is 6.10 Å². The molecule has 33 heavy (non-hydrogen) atoms. The molecule has 0 fully saturated rings. The summed E-state index contributed by atoms with van der Waals surface area (Å²) in [7, 11) is -2.63. The highest BCUT2D eigenvalue weighted by Crippen LogP contribution is 2.22. The van der Waals surface area contributed by atoms with Crippen LogP contribution >= 0.6 is 0 Å². The fourth-order valence-electron chi connectivity index (χ4n) is 5.02. The summed E-state index contributed by atoms with van der Waals surface area (Å²) in [6, 6.07) is 32.2. The Labute approximate surface area is 202 Å². The zero-order valence-electron chi connectivity index (χ0n) is 20.3. The third-order valence-corrected chi connectivity index (χ3v) is 11.7. The van der Waals surface area contributed by atoms with Gasteiger partial charge in [-0.3, -0.25) is 0 Å². The third-order valence-electron chi connectivity index (χ3n) is 6.84. The third kappa shape index (κ3) is 6.34. The van der Waals surface area contributed by atoms with E-state index < -0.39 is 14.2 Å². The van der Waals surface area contributed by atoms with E-state index in [1.54, 1.807) is 0 Å². The van der Waals surface area contributed by atoms with Gasteiger partial charge in [0.15, 0.2) is 8.07 Å². The van der Waals surface area contributed by atoms with Gasteiger partial charge < -0.3 is 5.11 Å². The number of rotatable bonds is 14. The van der Waals surface area contributed by atoms with Crippen molar-refractivity contribution in [2.75, 3.05) is 0 Å². The molecule has 2 heteroatoms. The Morgan fingerprint density at radius 2 is 1.00 bits per heavy atom. The minimum Gasteiger partial charge on any atom is -0.389 e. The Bertz CT molecular complexity index is 840. The van der Waals surface area contributed by atoms with Crippen LogP contribution in [0, 0.1) is 0 Å². The van der Waals surface area contributed by atoms with Crippen LogP contribution in [0.4, 0.5) is 0 Å². The number of hydrogen-bond donors (Lipinski definition) is 1. The number of unbranched alkanes of at least 4 members (excludes halogenated alkanes) is 7. The molecular formula is C31H40OSi. The summed E-state index contributed by atoms with van der Waals surface area (Å²) in [5, 5.41) is 16.3. The van der Waals surface area contributed by atoms with Crippen molar-refractivity contribution in [3.63, 3.8) is 0 Å². The van der Waals surface area contributed by atoms with E-state index in [4.69, 9.17) is 0 Å². The van der Waals surface area contributed by atoms with Crippen LogP contribution in [0.3, 0.4) is 0 Å². The zero-order valence-corrected chi connectivity index (χ0v) is 21.3. The number of benzene rings is 3. The van der Waals surface area contributed by atoms with Crippen LogP contribution in [0.25, 0.3) is 0 Å². The van der Waals surface area contributed by atoms with E-state index in [1.807, 2.05) is 0 Å². The van der Waals surface area contributed by atoms with Crippen molar-refractivity contribution in [1.29, 1.82) is 0 Å². The molecule has 0 heterocycles. The Kier molecular flexibility index (Phi) is 10.2. The van der Waals surface area contributed by atoms with Crippen molar-refractivity contribution < 1.29 is 5.11 Å². The van der Waals surface area contributed by atoms with Gasteiger partial charge in [0.25, 0.3) is 0 Å². The van der Waals surface area contributed by atoms with Crippen LogP contribution < -0.4 is 15.6 Å². The quantitative estimate of drug-likeness (QED) is 0.175. The molecule has 0 aliphatic carbocycles. The second-order valence-electron chi connectivity index (χ2n) is 9.15. The van der Waals surface area contributed by atoms with Gasteiger partial charge in [0.1, 0.15) is 0 Å². The molecule has 0 bridgehead atoms. The summed E-state index contributed by atoms with van der Waals surface area (Å²) >= 11 is 0. The van der Waals surface area contributed by atoms with Gasteiger partial charge in [0.2, 0.25) is 0 Å². The van der Waals surface area contributed by atoms with E-state index in [0.29, 0.717) is 0 Å². The van der Waals surface area contributed by atoms with Gasteiger partial charge in [-0.25, -0.2) is 0 Å². The van der Waals surface area contributed by atoms with E-state index in [2.05, 4.69) is 104 Å². The summed E-state index contributed by atoms with van der Waals surface area (Å²) in [5.74, 6) is 0. The highest BCUT2D eigenvalue weighted by atomic mass is 28.3. The van der Waals surface area contributed by atoms with Crippen molar-refractivity contribution in [3.8, 4) is 0 Å². The molecule has 0 amide bonds. The summed E-state index contributed by atoms with van der Waals surface area (Å²) < 4.78 is 0. The van der Waals surface area contributed by atoms with Crippen molar-refractivity contribution in [3.05, 3.63) is 103 Å². The van der Waals surface area contributed by atoms with Crippen molar-refractivity contribution >= 4 is 23.6 Å². The molecular weight excluding hydrogens is 416 g/mol. The lowest BCUT2D eigenvalue weighted by atomic mass is 10.1. The molecule has 3 aromatic carbocycles. The average Bonchev–Trinajstić information content (AvgIpc) is 2.88. The Balaban J connectivity index is 1.85. The predicted octanol–water partition coefficient (Wildman–Crippen LogP) is 6.14. The van der Waals surface area contributed by atoms with E-state index in [1.165, 1.54) is 60.5 Å². The second kappa shape index (κ2) is 13.3. The van der Waals surface area contributed by atoms with E-state index in [0.717, 1.165) is 18.0 Å². The standard InChI is InChI=1S/C31H40OSi/c1-3-4-5-6-7-8-9-19-26-31(32)27(2)33(28-20-13-10-14-21-28,29-22-15-11-16-23-29)30-24-17-12-18-25-30/h10-18,20-25,31-32H,2-9,19,26H2,1H3. The highest BCUT2D eigenvalue weighted by Gasteiger charge is 2.44. The van der Waals surface area contributed by atoms with Crippen LogP contribution in [0.2, 0.25) is 0 Å². The van der Waals surface area contributed by atoms with Gasteiger partial charge in [-0.15, -0.1) is 6.58 Å². The average molecular weight is 457 g/mol. The van der Waals surface area contributed by atoms with Crippen LogP contribution in [-0.4, -0.2) is 19.3 Å². The van der Waals surface area contributed by atoms with Gasteiger partial charge in [0, 0.05) is 0 Å². The minimum atomic E-state index is -2.63. The lowest BCUT2D eigenvalue weighted by molar-refractivity contribution is 0.203. The highest BCUT2D eigenvalue weighted by molar-refractivity contribution is 7.16. The number of hydrogen-bond acceptors (Lipinski definition) is 1. The van der Waals surface area contributed by atoms with Crippen LogP contribution in [0.5, 0.6) is 0 Å². The molecule has 3 rings (SSSR count). The molecule has 0 spiro atoms. The smallest absolute Gasteiger partial charge is 0.177 e. The maximum absolute atomic E-state index is 11.4. The van der Waals surface area contributed by atoms with Crippen LogP contribution in [0.1, 0.15) is 64.7 Å². The molecule has 3 aromatic rings. The topological polar surface area (TPSA) is 20.2 Å². The molecule has 0 radical (unpaired) electrons. The largest absolute Gasteiger partial charge is 0.389 e. The molecule has 174 valence electrons. The zero-order chi connectivity index (χ0) is 23.4. The summed E-state index contributed by atoms with van der Waals surface area (Å²) in [6.07, 6.45) is 10.4. The lowest BCUT2D eigenvalue weighted by Crippen LogP contribution is -2.70. The van der Waals surface area contributed by atoms with Crippen molar-refractivity contribution in [2.24, 2.45) is 0 Å². The van der Waals surface area contributed by atoms with Gasteiger partial charge >= 0.3 is 0 Å². The molecule has 0 aliphatic rings. The van der Waals surface area contributed by atoms with Gasteiger partial charge in [-0.1, -0.05) is 149 Å². The molecule has 1 unspecified atom stereocenters. The second-order valence-corrected chi connectivity index (χ2v) is 13.0.